The fourth-order valence-corrected chi connectivity index (χ4v) is 4.00. The Kier molecular flexibility index (Phi) is 8.27. The molecule has 0 spiro atoms. The number of ether oxygens (including phenoxy) is 1. The summed E-state index contributed by atoms with van der Waals surface area (Å²) in [5.41, 5.74) is 1.82. The standard InChI is InChI=1S/C24H27F3N8O3/c1-14-7-18(38-19-10-24(26,27)11-19)8-17(29-14)9-22(36)30-21-6-5-16(31-33-21)4-3-15(25)12-35-13-20(32-34-35)23(37)28-2/h5-8,15,19H,3-4,9-13H2,1-2H3,(H-,28,30,33,36,37)/p+1/t15-/m1/s1. The number of halogens is 3. The van der Waals surface area contributed by atoms with Crippen LogP contribution in [-0.4, -0.2) is 75.7 Å². The second kappa shape index (κ2) is 11.6. The van der Waals surface area contributed by atoms with Gasteiger partial charge in [-0.05, 0) is 31.9 Å². The van der Waals surface area contributed by atoms with Crippen molar-refractivity contribution >= 4 is 23.3 Å². The first-order valence-electron chi connectivity index (χ1n) is 12.1. The summed E-state index contributed by atoms with van der Waals surface area (Å²) < 4.78 is 47.5. The number of nitrogens with one attached hydrogen (secondary N) is 2. The second-order valence-electron chi connectivity index (χ2n) is 9.27. The van der Waals surface area contributed by atoms with E-state index < -0.39 is 18.2 Å². The van der Waals surface area contributed by atoms with Gasteiger partial charge in [0.25, 0.3) is 17.5 Å². The molecule has 0 unspecified atom stereocenters. The van der Waals surface area contributed by atoms with E-state index in [1.54, 1.807) is 31.2 Å². The van der Waals surface area contributed by atoms with E-state index in [1.165, 1.54) is 11.7 Å². The normalized spacial score (nSPS) is 17.2. The predicted molar refractivity (Wildman–Crippen MR) is 129 cm³/mol. The molecule has 1 fully saturated rings. The van der Waals surface area contributed by atoms with Crippen LogP contribution in [-0.2, 0) is 22.4 Å². The summed E-state index contributed by atoms with van der Waals surface area (Å²) in [6, 6.07) is 6.42. The SMILES string of the molecule is CNC(=O)C1=NN=[N+](C[C@H](F)CCc2ccc(NC(=O)Cc3cc(OC4CC(F)(F)C4)cc(C)n3)nn2)C1. The summed E-state index contributed by atoms with van der Waals surface area (Å²) in [6.07, 6.45) is -2.00. The fraction of sp³-hybridized carbons (Fsp3) is 0.500. The predicted octanol–water partition coefficient (Wildman–Crippen LogP) is 2.39. The van der Waals surface area contributed by atoms with E-state index in [9.17, 15) is 22.8 Å². The number of carbonyl (C=O) groups excluding carboxylic acids is 2. The lowest BCUT2D eigenvalue weighted by Gasteiger charge is -2.34. The maximum atomic E-state index is 14.4. The van der Waals surface area contributed by atoms with E-state index in [2.05, 4.69) is 36.1 Å². The molecule has 1 saturated carbocycles. The number of alkyl halides is 3. The van der Waals surface area contributed by atoms with Gasteiger partial charge in [0.15, 0.2) is 12.4 Å². The molecular weight excluding hydrogens is 505 g/mol. The molecule has 2 aromatic rings. The Balaban J connectivity index is 1.21. The first kappa shape index (κ1) is 27.1. The zero-order valence-corrected chi connectivity index (χ0v) is 21.0. The Morgan fingerprint density at radius 2 is 2.00 bits per heavy atom. The monoisotopic (exact) mass is 533 g/mol. The lowest BCUT2D eigenvalue weighted by atomic mass is 9.91. The highest BCUT2D eigenvalue weighted by Crippen LogP contribution is 2.39. The molecule has 3 heterocycles. The number of carbonyl (C=O) groups is 2. The number of amides is 2. The van der Waals surface area contributed by atoms with Crippen molar-refractivity contribution in [3.8, 4) is 5.75 Å². The van der Waals surface area contributed by atoms with Crippen LogP contribution in [0.5, 0.6) is 5.75 Å². The van der Waals surface area contributed by atoms with E-state index in [-0.39, 0.29) is 62.1 Å². The molecule has 11 nitrogen and oxygen atoms in total. The Bertz CT molecular complexity index is 1240. The minimum absolute atomic E-state index is 0.00154. The molecule has 14 heteroatoms. The van der Waals surface area contributed by atoms with Gasteiger partial charge in [-0.2, -0.15) is 9.80 Å². The fourth-order valence-electron chi connectivity index (χ4n) is 4.00. The minimum Gasteiger partial charge on any atom is -0.490 e. The number of nitrogens with zero attached hydrogens (tertiary/aromatic N) is 6. The maximum Gasteiger partial charge on any atom is 0.297 e. The van der Waals surface area contributed by atoms with Gasteiger partial charge in [-0.25, -0.2) is 13.2 Å². The Labute approximate surface area is 216 Å². The second-order valence-corrected chi connectivity index (χ2v) is 9.27. The number of hydrogen-bond acceptors (Lipinski definition) is 8. The Morgan fingerprint density at radius 3 is 2.68 bits per heavy atom. The van der Waals surface area contributed by atoms with Crippen molar-refractivity contribution in [2.24, 2.45) is 10.3 Å². The average molecular weight is 534 g/mol. The summed E-state index contributed by atoms with van der Waals surface area (Å²) in [7, 11) is 1.49. The third-order valence-electron chi connectivity index (χ3n) is 5.90. The van der Waals surface area contributed by atoms with Crippen molar-refractivity contribution in [1.29, 1.82) is 0 Å². The molecule has 1 aliphatic heterocycles. The van der Waals surface area contributed by atoms with Gasteiger partial charge >= 0.3 is 0 Å². The van der Waals surface area contributed by atoms with Crippen molar-refractivity contribution in [1.82, 2.24) is 20.5 Å². The largest absolute Gasteiger partial charge is 0.490 e. The van der Waals surface area contributed by atoms with Crippen LogP contribution in [0.15, 0.2) is 34.6 Å². The molecule has 38 heavy (non-hydrogen) atoms. The van der Waals surface area contributed by atoms with Crippen molar-refractivity contribution < 1.29 is 32.2 Å². The molecule has 4 rings (SSSR count). The minimum atomic E-state index is -2.68. The molecule has 0 bridgehead atoms. The lowest BCUT2D eigenvalue weighted by molar-refractivity contribution is -0.581. The maximum absolute atomic E-state index is 14.4. The molecule has 1 atom stereocenters. The summed E-state index contributed by atoms with van der Waals surface area (Å²) in [4.78, 5) is 28.3. The van der Waals surface area contributed by atoms with E-state index in [1.807, 2.05) is 0 Å². The van der Waals surface area contributed by atoms with Gasteiger partial charge in [0.1, 0.15) is 29.8 Å². The third kappa shape index (κ3) is 7.52. The Morgan fingerprint density at radius 1 is 1.21 bits per heavy atom. The van der Waals surface area contributed by atoms with Gasteiger partial charge in [0, 0.05) is 37.7 Å². The number of aromatic nitrogens is 3. The zero-order chi connectivity index (χ0) is 27.3. The van der Waals surface area contributed by atoms with Crippen LogP contribution in [0.2, 0.25) is 0 Å². The number of pyridine rings is 1. The molecule has 202 valence electrons. The van der Waals surface area contributed by atoms with Crippen LogP contribution in [0, 0.1) is 6.92 Å². The topological polar surface area (TPSA) is 134 Å². The highest BCUT2D eigenvalue weighted by Gasteiger charge is 2.47. The molecular formula is C24H28F3N8O3+. The Hall–Kier alpha value is -3.97. The summed E-state index contributed by atoms with van der Waals surface area (Å²) in [6.45, 7) is 1.88. The van der Waals surface area contributed by atoms with Crippen LogP contribution in [0.1, 0.15) is 36.3 Å². The van der Waals surface area contributed by atoms with Gasteiger partial charge in [-0.1, -0.05) is 0 Å². The van der Waals surface area contributed by atoms with E-state index in [0.717, 1.165) is 0 Å². The van der Waals surface area contributed by atoms with Gasteiger partial charge in [-0.3, -0.25) is 14.6 Å². The van der Waals surface area contributed by atoms with Crippen LogP contribution in [0.4, 0.5) is 19.0 Å². The highest BCUT2D eigenvalue weighted by atomic mass is 19.3. The molecule has 0 radical (unpaired) electrons. The average Bonchev–Trinajstić information content (AvgIpc) is 3.30. The molecule has 1 aliphatic carbocycles. The molecule has 2 N–H and O–H groups in total. The summed E-state index contributed by atoms with van der Waals surface area (Å²) in [5, 5.41) is 20.6. The van der Waals surface area contributed by atoms with Crippen LogP contribution < -0.4 is 15.4 Å². The molecule has 2 aromatic heterocycles. The molecule has 0 aromatic carbocycles. The quantitative estimate of drug-likeness (QED) is 0.426. The van der Waals surface area contributed by atoms with Gasteiger partial charge in [-0.15, -0.1) is 5.10 Å². The number of rotatable bonds is 11. The number of anilines is 1. The van der Waals surface area contributed by atoms with Crippen molar-refractivity contribution in [3.05, 3.63) is 41.3 Å². The van der Waals surface area contributed by atoms with Gasteiger partial charge in [0.2, 0.25) is 5.91 Å². The van der Waals surface area contributed by atoms with Crippen LogP contribution in [0.3, 0.4) is 0 Å². The zero-order valence-electron chi connectivity index (χ0n) is 21.0. The van der Waals surface area contributed by atoms with E-state index in [0.29, 0.717) is 29.3 Å². The molecule has 2 amide bonds. The third-order valence-corrected chi connectivity index (χ3v) is 5.90. The van der Waals surface area contributed by atoms with Crippen LogP contribution in [0.25, 0.3) is 0 Å². The van der Waals surface area contributed by atoms with Gasteiger partial charge < -0.3 is 15.4 Å². The first-order chi connectivity index (χ1) is 18.1. The number of aryl methyl sites for hydroxylation is 2. The summed E-state index contributed by atoms with van der Waals surface area (Å²) >= 11 is 0. The smallest absolute Gasteiger partial charge is 0.297 e. The van der Waals surface area contributed by atoms with Gasteiger partial charge in [0.05, 0.1) is 22.9 Å². The first-order valence-corrected chi connectivity index (χ1v) is 12.1. The van der Waals surface area contributed by atoms with Crippen LogP contribution >= 0.6 is 0 Å². The molecule has 0 saturated heterocycles. The van der Waals surface area contributed by atoms with E-state index in [4.69, 9.17) is 4.74 Å². The molecule has 2 aliphatic rings. The van der Waals surface area contributed by atoms with Crippen molar-refractivity contribution in [2.75, 3.05) is 25.5 Å². The number of hydrogen-bond donors (Lipinski definition) is 2. The van der Waals surface area contributed by atoms with E-state index >= 15 is 0 Å². The van der Waals surface area contributed by atoms with Crippen molar-refractivity contribution in [3.63, 3.8) is 0 Å². The van der Waals surface area contributed by atoms with Crippen molar-refractivity contribution in [2.45, 2.75) is 57.2 Å². The lowest BCUT2D eigenvalue weighted by Crippen LogP contribution is -2.43. The summed E-state index contributed by atoms with van der Waals surface area (Å²) in [5.74, 6) is -2.79. The highest BCUT2D eigenvalue weighted by molar-refractivity contribution is 6.39.